The van der Waals surface area contributed by atoms with Gasteiger partial charge in [0.15, 0.2) is 0 Å². The molecule has 0 atom stereocenters. The van der Waals surface area contributed by atoms with E-state index in [2.05, 4.69) is 0 Å². The van der Waals surface area contributed by atoms with Crippen molar-refractivity contribution in [2.24, 2.45) is 0 Å². The Morgan fingerprint density at radius 1 is 0.400 bits per heavy atom. The Balaban J connectivity index is 0. The Labute approximate surface area is 119 Å². The second-order valence-corrected chi connectivity index (χ2v) is 0. The number of hydrogen-bond donors (Lipinski definition) is 0. The van der Waals surface area contributed by atoms with Gasteiger partial charge in [-0.1, -0.05) is 0 Å². The molecular formula is H9Ga3U2. The van der Waals surface area contributed by atoms with E-state index in [4.69, 9.17) is 0 Å². The molecule has 0 aliphatic heterocycles. The first-order chi connectivity index (χ1) is 0. The molecule has 0 fully saturated rings. The van der Waals surface area contributed by atoms with E-state index >= 15 is 0 Å². The number of rotatable bonds is 0. The van der Waals surface area contributed by atoms with Crippen LogP contribution in [0.4, 0.5) is 0 Å². The van der Waals surface area contributed by atoms with Gasteiger partial charge in [0.05, 0.1) is 0 Å². The zero-order valence-corrected chi connectivity index (χ0v) is 9.33. The van der Waals surface area contributed by atoms with Gasteiger partial charge in [-0.15, -0.1) is 0 Å². The van der Waals surface area contributed by atoms with Gasteiger partial charge in [0, 0.05) is 62.2 Å². The molecule has 5 heavy (non-hydrogen) atoms. The van der Waals surface area contributed by atoms with Crippen molar-refractivity contribution >= 4 is 59.4 Å². The van der Waals surface area contributed by atoms with Gasteiger partial charge in [0.2, 0.25) is 0 Å². The second-order valence-electron chi connectivity index (χ2n) is 0. The summed E-state index contributed by atoms with van der Waals surface area (Å²) in [5.41, 5.74) is 0. The monoisotopic (exact) mass is 692 g/mol. The molecule has 0 heterocycles. The normalized spacial score (nSPS) is 0. The minimum absolute atomic E-state index is 0. The van der Waals surface area contributed by atoms with Crippen LogP contribution in [-0.4, -0.2) is 59.4 Å². The van der Waals surface area contributed by atoms with Crippen molar-refractivity contribution in [3.05, 3.63) is 0 Å². The van der Waals surface area contributed by atoms with Crippen molar-refractivity contribution < 1.29 is 62.2 Å². The van der Waals surface area contributed by atoms with Gasteiger partial charge in [-0.3, -0.25) is 0 Å². The van der Waals surface area contributed by atoms with Crippen molar-refractivity contribution in [2.75, 3.05) is 0 Å². The Morgan fingerprint density at radius 3 is 0.400 bits per heavy atom. The summed E-state index contributed by atoms with van der Waals surface area (Å²) in [6.07, 6.45) is 0. The van der Waals surface area contributed by atoms with Gasteiger partial charge in [0.1, 0.15) is 0 Å². The fraction of sp³-hybridized carbons (Fsp3) is 0. The van der Waals surface area contributed by atoms with Crippen molar-refractivity contribution in [1.82, 2.24) is 0 Å². The van der Waals surface area contributed by atoms with Crippen LogP contribution in [-0.2, 0) is 0 Å². The third-order valence-corrected chi connectivity index (χ3v) is 0. The van der Waals surface area contributed by atoms with Gasteiger partial charge in [-0.2, -0.15) is 0 Å². The van der Waals surface area contributed by atoms with Crippen LogP contribution in [0.5, 0.6) is 0 Å². The molecule has 0 aromatic rings. The van der Waals surface area contributed by atoms with E-state index in [0.717, 1.165) is 0 Å². The fourth-order valence-corrected chi connectivity index (χ4v) is 0. The summed E-state index contributed by atoms with van der Waals surface area (Å²) in [7, 11) is 0. The molecule has 0 aromatic heterocycles. The molecular weight excluding hydrogens is 685 g/mol. The molecule has 0 bridgehead atoms. The zero-order chi connectivity index (χ0) is 0. The van der Waals surface area contributed by atoms with E-state index in [1.165, 1.54) is 0 Å². The maximum absolute atomic E-state index is 0. The van der Waals surface area contributed by atoms with Crippen LogP contribution in [0, 0.1) is 62.2 Å². The third kappa shape index (κ3) is 18.0. The van der Waals surface area contributed by atoms with E-state index in [9.17, 15) is 0 Å². The maximum atomic E-state index is 0. The predicted molar refractivity (Wildman–Crippen MR) is 29.8 cm³/mol. The van der Waals surface area contributed by atoms with Crippen molar-refractivity contribution in [3.8, 4) is 0 Å². The van der Waals surface area contributed by atoms with Crippen LogP contribution in [0.25, 0.3) is 0 Å². The first-order valence-corrected chi connectivity index (χ1v) is 0. The molecule has 0 radical (unpaired) electrons. The van der Waals surface area contributed by atoms with E-state index in [1.807, 2.05) is 0 Å². The van der Waals surface area contributed by atoms with E-state index in [0.29, 0.717) is 0 Å². The molecule has 0 nitrogen and oxygen atoms in total. The molecule has 0 unspecified atom stereocenters. The van der Waals surface area contributed by atoms with Crippen LogP contribution in [0.15, 0.2) is 0 Å². The van der Waals surface area contributed by atoms with Crippen LogP contribution >= 0.6 is 0 Å². The Kier molecular flexibility index (Phi) is 176. The van der Waals surface area contributed by atoms with Crippen LogP contribution in [0.1, 0.15) is 0 Å². The largest absolute Gasteiger partial charge is 0 e. The summed E-state index contributed by atoms with van der Waals surface area (Å²) < 4.78 is 0. The van der Waals surface area contributed by atoms with Crippen molar-refractivity contribution in [3.63, 3.8) is 0 Å². The second kappa shape index (κ2) is 24.5. The molecule has 0 rings (SSSR count). The van der Waals surface area contributed by atoms with Crippen LogP contribution in [0.3, 0.4) is 0 Å². The summed E-state index contributed by atoms with van der Waals surface area (Å²) in [4.78, 5) is 0. The van der Waals surface area contributed by atoms with Gasteiger partial charge in [-0.05, 0) is 0 Å². The first-order valence-electron chi connectivity index (χ1n) is 0. The Morgan fingerprint density at radius 2 is 0.400 bits per heavy atom. The molecule has 0 N–H and O–H groups in total. The summed E-state index contributed by atoms with van der Waals surface area (Å²) in [5, 5.41) is 0. The third-order valence-electron chi connectivity index (χ3n) is 0. The van der Waals surface area contributed by atoms with Crippen LogP contribution < -0.4 is 0 Å². The molecule has 0 saturated heterocycles. The standard InChI is InChI=1S/3Ga.2U.9H. The van der Waals surface area contributed by atoms with Crippen molar-refractivity contribution in [1.29, 1.82) is 0 Å². The molecule has 0 spiro atoms. The van der Waals surface area contributed by atoms with Gasteiger partial charge in [-0.25, -0.2) is 0 Å². The molecule has 0 aliphatic carbocycles. The molecule has 0 aromatic carbocycles. The maximum Gasteiger partial charge on any atom is 0 e. The molecule has 26 valence electrons. The fourth-order valence-electron chi connectivity index (χ4n) is 0. The molecule has 5 heteroatoms. The molecule has 0 amide bonds. The number of hydrogen-bond acceptors (Lipinski definition) is 0. The smallest absolute Gasteiger partial charge is 0 e. The average molecular weight is 694 g/mol. The topological polar surface area (TPSA) is 0 Å². The molecule has 0 saturated carbocycles. The summed E-state index contributed by atoms with van der Waals surface area (Å²) in [6, 6.07) is 0. The van der Waals surface area contributed by atoms with Gasteiger partial charge < -0.3 is 0 Å². The summed E-state index contributed by atoms with van der Waals surface area (Å²) in [5.74, 6) is 0. The minimum atomic E-state index is 0. The average Bonchev–Trinajstić information content (AvgIpc) is 0. The van der Waals surface area contributed by atoms with E-state index in [1.54, 1.807) is 0 Å². The van der Waals surface area contributed by atoms with E-state index in [-0.39, 0.29) is 122 Å². The Bertz CT molecular complexity index is 4.85. The first kappa shape index (κ1) is 35.9. The van der Waals surface area contributed by atoms with E-state index < -0.39 is 0 Å². The van der Waals surface area contributed by atoms with Crippen molar-refractivity contribution in [2.45, 2.75) is 0 Å². The Hall–Kier alpha value is 4.01. The van der Waals surface area contributed by atoms with Gasteiger partial charge in [0.25, 0.3) is 0 Å². The summed E-state index contributed by atoms with van der Waals surface area (Å²) in [6.45, 7) is 0. The SMILES string of the molecule is [GaH3].[GaH3].[GaH3].[U].[U]. The zero-order valence-electron chi connectivity index (χ0n) is 1.00. The predicted octanol–water partition coefficient (Wildman–Crippen LogP) is -3.55. The molecule has 0 aliphatic rings. The van der Waals surface area contributed by atoms with Gasteiger partial charge >= 0.3 is 59.4 Å². The quantitative estimate of drug-likeness (QED) is 0.231. The summed E-state index contributed by atoms with van der Waals surface area (Å²) >= 11 is 0. The van der Waals surface area contributed by atoms with Crippen LogP contribution in [0.2, 0.25) is 0 Å². The minimum Gasteiger partial charge on any atom is 0 e.